The Balaban J connectivity index is 1.86. The van der Waals surface area contributed by atoms with E-state index in [4.69, 9.17) is 4.52 Å². The van der Waals surface area contributed by atoms with Gasteiger partial charge in [-0.25, -0.2) is 0 Å². The van der Waals surface area contributed by atoms with Crippen molar-refractivity contribution in [1.82, 2.24) is 10.1 Å². The van der Waals surface area contributed by atoms with E-state index >= 15 is 0 Å². The molecule has 94 valence electrons. The lowest BCUT2D eigenvalue weighted by molar-refractivity contribution is 0.100. The topological polar surface area (TPSA) is 46.3 Å². The molecule has 17 heavy (non-hydrogen) atoms. The zero-order valence-corrected chi connectivity index (χ0v) is 10.6. The Hall–Kier alpha value is -1.16. The van der Waals surface area contributed by atoms with Gasteiger partial charge in [-0.1, -0.05) is 12.1 Å². The lowest BCUT2D eigenvalue weighted by atomic mass is 9.92. The first kappa shape index (κ1) is 12.3. The Kier molecular flexibility index (Phi) is 3.94. The first-order chi connectivity index (χ1) is 8.19. The van der Waals surface area contributed by atoms with Gasteiger partial charge in [-0.2, -0.15) is 0 Å². The van der Waals surface area contributed by atoms with E-state index < -0.39 is 0 Å². The minimum Gasteiger partial charge on any atom is -0.361 e. The van der Waals surface area contributed by atoms with Crippen LogP contribution in [0.1, 0.15) is 42.9 Å². The van der Waals surface area contributed by atoms with E-state index in [9.17, 15) is 4.79 Å². The molecule has 1 aromatic rings. The molecule has 0 unspecified atom stereocenters. The molecule has 2 heterocycles. The van der Waals surface area contributed by atoms with Crippen molar-refractivity contribution < 1.29 is 9.32 Å². The van der Waals surface area contributed by atoms with Gasteiger partial charge in [0.25, 0.3) is 0 Å². The second kappa shape index (κ2) is 5.45. The summed E-state index contributed by atoms with van der Waals surface area (Å²) < 4.78 is 5.20. The molecule has 0 amide bonds. The van der Waals surface area contributed by atoms with Gasteiger partial charge in [0.1, 0.15) is 11.5 Å². The number of aromatic nitrogens is 1. The highest BCUT2D eigenvalue weighted by atomic mass is 16.5. The van der Waals surface area contributed by atoms with Crippen molar-refractivity contribution in [3.05, 3.63) is 17.5 Å². The molecule has 0 bridgehead atoms. The monoisotopic (exact) mass is 236 g/mol. The van der Waals surface area contributed by atoms with Gasteiger partial charge >= 0.3 is 0 Å². The summed E-state index contributed by atoms with van der Waals surface area (Å²) in [4.78, 5) is 13.6. The SMILES string of the molecule is CCN1CCC(Cc2cc(C(C)=O)no2)CC1. The molecule has 2 rings (SSSR count). The number of Topliss-reactive ketones (excluding diaryl/α,β-unsaturated/α-hetero) is 1. The van der Waals surface area contributed by atoms with Crippen LogP contribution in [0.25, 0.3) is 0 Å². The average molecular weight is 236 g/mol. The fourth-order valence-electron chi connectivity index (χ4n) is 2.37. The van der Waals surface area contributed by atoms with Crippen LogP contribution in [-0.4, -0.2) is 35.5 Å². The van der Waals surface area contributed by atoms with E-state index in [0.29, 0.717) is 11.6 Å². The second-order valence-corrected chi connectivity index (χ2v) is 4.82. The van der Waals surface area contributed by atoms with Crippen LogP contribution < -0.4 is 0 Å². The van der Waals surface area contributed by atoms with Crippen LogP contribution in [0.4, 0.5) is 0 Å². The molecule has 0 aromatic carbocycles. The summed E-state index contributed by atoms with van der Waals surface area (Å²) in [5, 5.41) is 3.78. The summed E-state index contributed by atoms with van der Waals surface area (Å²) in [6.07, 6.45) is 3.34. The Morgan fingerprint density at radius 3 is 2.76 bits per heavy atom. The highest BCUT2D eigenvalue weighted by Crippen LogP contribution is 2.21. The van der Waals surface area contributed by atoms with Crippen LogP contribution in [0.5, 0.6) is 0 Å². The third-order valence-corrected chi connectivity index (χ3v) is 3.56. The van der Waals surface area contributed by atoms with Crippen LogP contribution in [0.15, 0.2) is 10.6 Å². The largest absolute Gasteiger partial charge is 0.361 e. The van der Waals surface area contributed by atoms with Gasteiger partial charge < -0.3 is 9.42 Å². The number of carbonyl (C=O) groups is 1. The Morgan fingerprint density at radius 1 is 1.53 bits per heavy atom. The quantitative estimate of drug-likeness (QED) is 0.751. The summed E-state index contributed by atoms with van der Waals surface area (Å²) in [7, 11) is 0. The number of likely N-dealkylation sites (tertiary alicyclic amines) is 1. The molecule has 4 heteroatoms. The van der Waals surface area contributed by atoms with Crippen LogP contribution >= 0.6 is 0 Å². The number of piperidine rings is 1. The predicted octanol–water partition coefficient (Wildman–Crippen LogP) is 2.15. The third-order valence-electron chi connectivity index (χ3n) is 3.56. The average Bonchev–Trinajstić information content (AvgIpc) is 2.79. The summed E-state index contributed by atoms with van der Waals surface area (Å²) in [6.45, 7) is 7.21. The molecule has 0 saturated carbocycles. The molecule has 0 aliphatic carbocycles. The van der Waals surface area contributed by atoms with E-state index in [2.05, 4.69) is 17.0 Å². The normalized spacial score (nSPS) is 18.5. The standard InChI is InChI=1S/C13H20N2O2/c1-3-15-6-4-11(5-7-15)8-12-9-13(10(2)16)14-17-12/h9,11H,3-8H2,1-2H3. The Labute approximate surface area is 102 Å². The maximum atomic E-state index is 11.1. The fourth-order valence-corrected chi connectivity index (χ4v) is 2.37. The fraction of sp³-hybridized carbons (Fsp3) is 0.692. The van der Waals surface area contributed by atoms with Gasteiger partial charge in [0.15, 0.2) is 5.78 Å². The molecule has 1 aromatic heterocycles. The molecule has 1 fully saturated rings. The maximum absolute atomic E-state index is 11.1. The van der Waals surface area contributed by atoms with Gasteiger partial charge in [0.2, 0.25) is 0 Å². The molecule has 1 aliphatic heterocycles. The molecule has 0 atom stereocenters. The van der Waals surface area contributed by atoms with E-state index in [0.717, 1.165) is 18.7 Å². The van der Waals surface area contributed by atoms with Gasteiger partial charge in [-0.3, -0.25) is 4.79 Å². The summed E-state index contributed by atoms with van der Waals surface area (Å²) in [6, 6.07) is 1.79. The van der Waals surface area contributed by atoms with Gasteiger partial charge in [0, 0.05) is 19.4 Å². The van der Waals surface area contributed by atoms with Gasteiger partial charge in [-0.05, 0) is 38.4 Å². The van der Waals surface area contributed by atoms with Gasteiger partial charge in [0.05, 0.1) is 0 Å². The summed E-state index contributed by atoms with van der Waals surface area (Å²) in [5.74, 6) is 1.50. The van der Waals surface area contributed by atoms with Crippen molar-refractivity contribution in [1.29, 1.82) is 0 Å². The van der Waals surface area contributed by atoms with Crippen molar-refractivity contribution in [3.63, 3.8) is 0 Å². The number of ketones is 1. The Morgan fingerprint density at radius 2 is 2.24 bits per heavy atom. The van der Waals surface area contributed by atoms with E-state index in [1.165, 1.54) is 32.9 Å². The highest BCUT2D eigenvalue weighted by Gasteiger charge is 2.20. The molecule has 0 spiro atoms. The zero-order chi connectivity index (χ0) is 12.3. The van der Waals surface area contributed by atoms with Crippen molar-refractivity contribution in [3.8, 4) is 0 Å². The second-order valence-electron chi connectivity index (χ2n) is 4.82. The van der Waals surface area contributed by atoms with Crippen molar-refractivity contribution in [2.24, 2.45) is 5.92 Å². The molecule has 0 N–H and O–H groups in total. The number of hydrogen-bond donors (Lipinski definition) is 0. The van der Waals surface area contributed by atoms with E-state index in [1.807, 2.05) is 0 Å². The first-order valence-corrected chi connectivity index (χ1v) is 6.38. The number of rotatable bonds is 4. The minimum atomic E-state index is -0.0270. The van der Waals surface area contributed by atoms with Crippen molar-refractivity contribution in [2.75, 3.05) is 19.6 Å². The lowest BCUT2D eigenvalue weighted by Gasteiger charge is -2.30. The number of nitrogens with zero attached hydrogens (tertiary/aromatic N) is 2. The van der Waals surface area contributed by atoms with Crippen LogP contribution in [0.3, 0.4) is 0 Å². The smallest absolute Gasteiger partial charge is 0.181 e. The summed E-state index contributed by atoms with van der Waals surface area (Å²) >= 11 is 0. The Bertz CT molecular complexity index is 379. The molecule has 1 aliphatic rings. The van der Waals surface area contributed by atoms with Crippen LogP contribution in [0, 0.1) is 5.92 Å². The maximum Gasteiger partial charge on any atom is 0.181 e. The van der Waals surface area contributed by atoms with Crippen LogP contribution in [0.2, 0.25) is 0 Å². The highest BCUT2D eigenvalue weighted by molar-refractivity contribution is 5.91. The lowest BCUT2D eigenvalue weighted by Crippen LogP contribution is -2.33. The number of hydrogen-bond acceptors (Lipinski definition) is 4. The van der Waals surface area contributed by atoms with E-state index in [-0.39, 0.29) is 5.78 Å². The van der Waals surface area contributed by atoms with Crippen LogP contribution in [-0.2, 0) is 6.42 Å². The number of carbonyl (C=O) groups excluding carboxylic acids is 1. The van der Waals surface area contributed by atoms with Gasteiger partial charge in [-0.15, -0.1) is 0 Å². The molecule has 4 nitrogen and oxygen atoms in total. The molecular weight excluding hydrogens is 216 g/mol. The molecule has 1 saturated heterocycles. The minimum absolute atomic E-state index is 0.0270. The molecule has 0 radical (unpaired) electrons. The van der Waals surface area contributed by atoms with Crippen molar-refractivity contribution in [2.45, 2.75) is 33.1 Å². The first-order valence-electron chi connectivity index (χ1n) is 6.38. The molecular formula is C13H20N2O2. The zero-order valence-electron chi connectivity index (χ0n) is 10.6. The third kappa shape index (κ3) is 3.16. The summed E-state index contributed by atoms with van der Waals surface area (Å²) in [5.41, 5.74) is 0.450. The predicted molar refractivity (Wildman–Crippen MR) is 65.0 cm³/mol. The van der Waals surface area contributed by atoms with E-state index in [1.54, 1.807) is 6.07 Å². The van der Waals surface area contributed by atoms with Crippen molar-refractivity contribution >= 4 is 5.78 Å².